The highest BCUT2D eigenvalue weighted by atomic mass is 32.2. The summed E-state index contributed by atoms with van der Waals surface area (Å²) in [6.07, 6.45) is 2.31. The smallest absolute Gasteiger partial charge is 0.317 e. The molecule has 2 aliphatic heterocycles. The van der Waals surface area contributed by atoms with Crippen molar-refractivity contribution < 1.29 is 13.2 Å². The van der Waals surface area contributed by atoms with Crippen LogP contribution in [0.3, 0.4) is 0 Å². The topological polar surface area (TPSA) is 82.6 Å². The van der Waals surface area contributed by atoms with E-state index in [1.165, 1.54) is 0 Å². The van der Waals surface area contributed by atoms with Crippen molar-refractivity contribution in [3.05, 3.63) is 30.1 Å². The van der Waals surface area contributed by atoms with E-state index in [0.29, 0.717) is 19.5 Å². The Hall–Kier alpha value is -1.67. The van der Waals surface area contributed by atoms with Gasteiger partial charge in [0.2, 0.25) is 0 Å². The van der Waals surface area contributed by atoms with Crippen LogP contribution in [0.15, 0.2) is 24.4 Å². The van der Waals surface area contributed by atoms with Crippen LogP contribution in [0.5, 0.6) is 0 Å². The van der Waals surface area contributed by atoms with E-state index in [1.807, 2.05) is 18.2 Å². The van der Waals surface area contributed by atoms with Crippen molar-refractivity contribution in [3.8, 4) is 0 Å². The third-order valence-corrected chi connectivity index (χ3v) is 6.10. The van der Waals surface area contributed by atoms with Gasteiger partial charge in [-0.15, -0.1) is 0 Å². The standard InChI is InChI=1S/C15H22N4O3S/c20-15(17-14-4-10-23(21,22)12-14)19-8-6-18(7-9-19)11-13-3-1-2-5-16-13/h1-3,5,14H,4,6-12H2,(H,17,20)/t14-/m0/s1. The molecule has 0 spiro atoms. The fraction of sp³-hybridized carbons (Fsp3) is 0.600. The van der Waals surface area contributed by atoms with Gasteiger partial charge in [-0.1, -0.05) is 6.07 Å². The van der Waals surface area contributed by atoms with Crippen LogP contribution in [-0.4, -0.2) is 73.0 Å². The van der Waals surface area contributed by atoms with Gasteiger partial charge in [0.25, 0.3) is 0 Å². The lowest BCUT2D eigenvalue weighted by Gasteiger charge is -2.35. The highest BCUT2D eigenvalue weighted by Crippen LogP contribution is 2.12. The highest BCUT2D eigenvalue weighted by molar-refractivity contribution is 7.91. The van der Waals surface area contributed by atoms with Crippen LogP contribution in [0.4, 0.5) is 4.79 Å². The van der Waals surface area contributed by atoms with Crippen molar-refractivity contribution in [3.63, 3.8) is 0 Å². The number of aromatic nitrogens is 1. The van der Waals surface area contributed by atoms with E-state index >= 15 is 0 Å². The molecule has 1 atom stereocenters. The molecule has 2 amide bonds. The molecule has 126 valence electrons. The molecule has 0 aromatic carbocycles. The van der Waals surface area contributed by atoms with E-state index in [1.54, 1.807) is 11.1 Å². The van der Waals surface area contributed by atoms with E-state index in [2.05, 4.69) is 15.2 Å². The zero-order valence-electron chi connectivity index (χ0n) is 13.0. The van der Waals surface area contributed by atoms with Crippen molar-refractivity contribution >= 4 is 15.9 Å². The molecule has 0 bridgehead atoms. The van der Waals surface area contributed by atoms with Gasteiger partial charge in [-0.25, -0.2) is 13.2 Å². The molecule has 3 rings (SSSR count). The van der Waals surface area contributed by atoms with Gasteiger partial charge in [-0.3, -0.25) is 9.88 Å². The summed E-state index contributed by atoms with van der Waals surface area (Å²) in [5.74, 6) is 0.244. The van der Waals surface area contributed by atoms with Crippen LogP contribution in [-0.2, 0) is 16.4 Å². The molecule has 0 aliphatic carbocycles. The second-order valence-corrected chi connectivity index (χ2v) is 8.36. The number of carbonyl (C=O) groups is 1. The average Bonchev–Trinajstić information content (AvgIpc) is 2.88. The fourth-order valence-corrected chi connectivity index (χ4v) is 4.68. The minimum absolute atomic E-state index is 0.0678. The first-order chi connectivity index (χ1) is 11.0. The van der Waals surface area contributed by atoms with Crippen LogP contribution in [0.25, 0.3) is 0 Å². The number of urea groups is 1. The molecule has 3 heterocycles. The van der Waals surface area contributed by atoms with Crippen LogP contribution in [0.2, 0.25) is 0 Å². The number of nitrogens with zero attached hydrogens (tertiary/aromatic N) is 3. The first-order valence-electron chi connectivity index (χ1n) is 7.90. The maximum Gasteiger partial charge on any atom is 0.317 e. The number of piperazine rings is 1. The summed E-state index contributed by atoms with van der Waals surface area (Å²) < 4.78 is 22.9. The van der Waals surface area contributed by atoms with Gasteiger partial charge in [0.05, 0.1) is 17.2 Å². The van der Waals surface area contributed by atoms with E-state index < -0.39 is 9.84 Å². The summed E-state index contributed by atoms with van der Waals surface area (Å²) in [5.41, 5.74) is 1.03. The number of carbonyl (C=O) groups excluding carboxylic acids is 1. The minimum Gasteiger partial charge on any atom is -0.334 e. The van der Waals surface area contributed by atoms with E-state index in [4.69, 9.17) is 0 Å². The fourth-order valence-electron chi connectivity index (χ4n) is 3.00. The molecule has 0 radical (unpaired) electrons. The lowest BCUT2D eigenvalue weighted by Crippen LogP contribution is -2.53. The molecule has 0 unspecified atom stereocenters. The molecule has 1 N–H and O–H groups in total. The molecule has 1 aromatic heterocycles. The molecule has 7 nitrogen and oxygen atoms in total. The number of hydrogen-bond acceptors (Lipinski definition) is 5. The number of hydrogen-bond donors (Lipinski definition) is 1. The minimum atomic E-state index is -2.96. The zero-order chi connectivity index (χ0) is 16.3. The van der Waals surface area contributed by atoms with Crippen molar-refractivity contribution in [2.24, 2.45) is 0 Å². The predicted octanol–water partition coefficient (Wildman–Crippen LogP) is 0.0959. The summed E-state index contributed by atoms with van der Waals surface area (Å²) in [7, 11) is -2.96. The lowest BCUT2D eigenvalue weighted by molar-refractivity contribution is 0.133. The Bertz CT molecular complexity index is 642. The van der Waals surface area contributed by atoms with Crippen LogP contribution < -0.4 is 5.32 Å². The van der Waals surface area contributed by atoms with Gasteiger partial charge >= 0.3 is 6.03 Å². The third-order valence-electron chi connectivity index (χ3n) is 4.33. The normalized spacial score (nSPS) is 24.5. The number of nitrogens with one attached hydrogen (secondary N) is 1. The number of amides is 2. The van der Waals surface area contributed by atoms with Crippen molar-refractivity contribution in [1.29, 1.82) is 0 Å². The Labute approximate surface area is 136 Å². The molecule has 2 aliphatic rings. The van der Waals surface area contributed by atoms with Gasteiger partial charge < -0.3 is 10.2 Å². The Kier molecular flexibility index (Phi) is 4.82. The molecule has 0 saturated carbocycles. The number of rotatable bonds is 3. The summed E-state index contributed by atoms with van der Waals surface area (Å²) >= 11 is 0. The number of pyridine rings is 1. The molecular weight excluding hydrogens is 316 g/mol. The monoisotopic (exact) mass is 338 g/mol. The summed E-state index contributed by atoms with van der Waals surface area (Å²) in [5, 5.41) is 2.85. The Morgan fingerprint density at radius 2 is 2.04 bits per heavy atom. The quantitative estimate of drug-likeness (QED) is 0.845. The Balaban J connectivity index is 1.44. The second-order valence-electron chi connectivity index (χ2n) is 6.13. The largest absolute Gasteiger partial charge is 0.334 e. The highest BCUT2D eigenvalue weighted by Gasteiger charge is 2.30. The second kappa shape index (κ2) is 6.84. The first-order valence-corrected chi connectivity index (χ1v) is 9.72. The van der Waals surface area contributed by atoms with Crippen molar-refractivity contribution in [2.45, 2.75) is 19.0 Å². The molecule has 8 heteroatoms. The summed E-state index contributed by atoms with van der Waals surface area (Å²) in [6.45, 7) is 3.69. The third kappa shape index (κ3) is 4.42. The van der Waals surface area contributed by atoms with Crippen LogP contribution >= 0.6 is 0 Å². The van der Waals surface area contributed by atoms with Crippen LogP contribution in [0.1, 0.15) is 12.1 Å². The maximum atomic E-state index is 12.2. The summed E-state index contributed by atoms with van der Waals surface area (Å²) in [4.78, 5) is 20.6. The Morgan fingerprint density at radius 3 is 2.65 bits per heavy atom. The summed E-state index contributed by atoms with van der Waals surface area (Å²) in [6, 6.07) is 5.49. The maximum absolute atomic E-state index is 12.2. The zero-order valence-corrected chi connectivity index (χ0v) is 13.8. The van der Waals surface area contributed by atoms with Crippen LogP contribution in [0, 0.1) is 0 Å². The first kappa shape index (κ1) is 16.2. The molecule has 1 aromatic rings. The Morgan fingerprint density at radius 1 is 1.26 bits per heavy atom. The molecule has 23 heavy (non-hydrogen) atoms. The van der Waals surface area contributed by atoms with Crippen molar-refractivity contribution in [1.82, 2.24) is 20.1 Å². The van der Waals surface area contributed by atoms with Gasteiger partial charge in [-0.05, 0) is 18.6 Å². The average molecular weight is 338 g/mol. The molecule has 2 fully saturated rings. The van der Waals surface area contributed by atoms with Gasteiger partial charge in [0, 0.05) is 45.0 Å². The predicted molar refractivity (Wildman–Crippen MR) is 86.7 cm³/mol. The molecule has 2 saturated heterocycles. The van der Waals surface area contributed by atoms with Crippen molar-refractivity contribution in [2.75, 3.05) is 37.7 Å². The van der Waals surface area contributed by atoms with Gasteiger partial charge in [-0.2, -0.15) is 0 Å². The van der Waals surface area contributed by atoms with Gasteiger partial charge in [0.15, 0.2) is 9.84 Å². The van der Waals surface area contributed by atoms with Gasteiger partial charge in [0.1, 0.15) is 0 Å². The molecular formula is C15H22N4O3S. The number of sulfone groups is 1. The van der Waals surface area contributed by atoms with E-state index in [9.17, 15) is 13.2 Å². The SMILES string of the molecule is O=C(N[C@H]1CCS(=O)(=O)C1)N1CCN(Cc2ccccn2)CC1. The van der Waals surface area contributed by atoms with E-state index in [0.717, 1.165) is 25.3 Å². The lowest BCUT2D eigenvalue weighted by atomic mass is 10.2. The van der Waals surface area contributed by atoms with E-state index in [-0.39, 0.29) is 23.6 Å².